The molecule has 1 N–H and O–H groups in total. The van der Waals surface area contributed by atoms with Gasteiger partial charge >= 0.3 is 0 Å². The minimum Gasteiger partial charge on any atom is -0.324 e. The number of benzene rings is 1. The van der Waals surface area contributed by atoms with Crippen LogP contribution in [-0.4, -0.2) is 20.4 Å². The first-order valence-corrected chi connectivity index (χ1v) is 7.46. The van der Waals surface area contributed by atoms with Gasteiger partial charge in [-0.15, -0.1) is 0 Å². The molecule has 0 spiro atoms. The first kappa shape index (κ1) is 13.0. The summed E-state index contributed by atoms with van der Waals surface area (Å²) in [5.41, 5.74) is 2.74. The van der Waals surface area contributed by atoms with Crippen LogP contribution in [0.15, 0.2) is 48.8 Å². The van der Waals surface area contributed by atoms with E-state index >= 15 is 0 Å². The van der Waals surface area contributed by atoms with E-state index in [9.17, 15) is 4.79 Å². The van der Waals surface area contributed by atoms with E-state index in [-0.39, 0.29) is 12.5 Å². The fourth-order valence-electron chi connectivity index (χ4n) is 2.69. The van der Waals surface area contributed by atoms with Crippen molar-refractivity contribution in [1.82, 2.24) is 14.5 Å². The molecule has 1 amide bonds. The SMILES string of the molecule is O=C(Cn1c(C2CC2)nc2ccccc21)Nc1ccncc1. The molecule has 110 valence electrons. The van der Waals surface area contributed by atoms with Gasteiger partial charge in [0.05, 0.1) is 11.0 Å². The van der Waals surface area contributed by atoms with E-state index in [1.807, 2.05) is 28.8 Å². The predicted octanol–water partition coefficient (Wildman–Crippen LogP) is 2.95. The smallest absolute Gasteiger partial charge is 0.244 e. The number of hydrogen-bond acceptors (Lipinski definition) is 3. The Labute approximate surface area is 128 Å². The fraction of sp³-hybridized carbons (Fsp3) is 0.235. The van der Waals surface area contributed by atoms with Crippen LogP contribution in [0, 0.1) is 0 Å². The number of amides is 1. The molecule has 1 aromatic carbocycles. The number of para-hydroxylation sites is 2. The Morgan fingerprint density at radius 1 is 1.18 bits per heavy atom. The Balaban J connectivity index is 1.63. The van der Waals surface area contributed by atoms with E-state index in [1.165, 1.54) is 0 Å². The van der Waals surface area contributed by atoms with Gasteiger partial charge in [0.15, 0.2) is 0 Å². The predicted molar refractivity (Wildman–Crippen MR) is 84.6 cm³/mol. The molecule has 2 heterocycles. The highest BCUT2D eigenvalue weighted by Gasteiger charge is 2.30. The van der Waals surface area contributed by atoms with Gasteiger partial charge in [-0.1, -0.05) is 12.1 Å². The maximum absolute atomic E-state index is 12.3. The highest BCUT2D eigenvalue weighted by Crippen LogP contribution is 2.40. The lowest BCUT2D eigenvalue weighted by molar-refractivity contribution is -0.116. The van der Waals surface area contributed by atoms with E-state index in [0.29, 0.717) is 5.92 Å². The van der Waals surface area contributed by atoms with Gasteiger partial charge in [0.1, 0.15) is 12.4 Å². The van der Waals surface area contributed by atoms with Gasteiger partial charge in [-0.2, -0.15) is 0 Å². The number of carbonyl (C=O) groups is 1. The summed E-state index contributed by atoms with van der Waals surface area (Å²) in [4.78, 5) is 21.0. The van der Waals surface area contributed by atoms with Crippen molar-refractivity contribution in [3.63, 3.8) is 0 Å². The monoisotopic (exact) mass is 292 g/mol. The molecular formula is C17H16N4O. The van der Waals surface area contributed by atoms with Gasteiger partial charge in [0, 0.05) is 24.0 Å². The van der Waals surface area contributed by atoms with Gasteiger partial charge < -0.3 is 9.88 Å². The molecule has 2 aromatic heterocycles. The van der Waals surface area contributed by atoms with Crippen LogP contribution in [0.3, 0.4) is 0 Å². The molecule has 0 saturated heterocycles. The summed E-state index contributed by atoms with van der Waals surface area (Å²) in [5, 5.41) is 2.90. The molecule has 0 aliphatic heterocycles. The Bertz CT molecular complexity index is 821. The van der Waals surface area contributed by atoms with Crippen LogP contribution < -0.4 is 5.32 Å². The van der Waals surface area contributed by atoms with Crippen LogP contribution in [0.1, 0.15) is 24.6 Å². The molecule has 1 saturated carbocycles. The second-order valence-corrected chi connectivity index (χ2v) is 5.60. The third-order valence-corrected chi connectivity index (χ3v) is 3.89. The Hall–Kier alpha value is -2.69. The number of imidazole rings is 1. The summed E-state index contributed by atoms with van der Waals surface area (Å²) in [7, 11) is 0. The third-order valence-electron chi connectivity index (χ3n) is 3.89. The van der Waals surface area contributed by atoms with Crippen LogP contribution in [0.4, 0.5) is 5.69 Å². The Morgan fingerprint density at radius 3 is 2.73 bits per heavy atom. The van der Waals surface area contributed by atoms with E-state index in [0.717, 1.165) is 35.4 Å². The molecule has 0 atom stereocenters. The Kier molecular flexibility index (Phi) is 3.11. The van der Waals surface area contributed by atoms with Crippen LogP contribution in [0.2, 0.25) is 0 Å². The first-order valence-electron chi connectivity index (χ1n) is 7.46. The van der Waals surface area contributed by atoms with Crippen LogP contribution in [0.25, 0.3) is 11.0 Å². The number of carbonyl (C=O) groups excluding carboxylic acids is 1. The second-order valence-electron chi connectivity index (χ2n) is 5.60. The van der Waals surface area contributed by atoms with Crippen molar-refractivity contribution >= 4 is 22.6 Å². The number of anilines is 1. The van der Waals surface area contributed by atoms with Crippen molar-refractivity contribution in [3.05, 3.63) is 54.6 Å². The average molecular weight is 292 g/mol. The Morgan fingerprint density at radius 2 is 1.95 bits per heavy atom. The lowest BCUT2D eigenvalue weighted by Crippen LogP contribution is -2.20. The van der Waals surface area contributed by atoms with Crippen molar-refractivity contribution in [2.75, 3.05) is 5.32 Å². The summed E-state index contributed by atoms with van der Waals surface area (Å²) in [6.07, 6.45) is 5.65. The molecule has 1 aliphatic rings. The quantitative estimate of drug-likeness (QED) is 0.804. The van der Waals surface area contributed by atoms with Crippen LogP contribution in [0.5, 0.6) is 0 Å². The number of hydrogen-bond donors (Lipinski definition) is 1. The summed E-state index contributed by atoms with van der Waals surface area (Å²) in [6.45, 7) is 0.286. The summed E-state index contributed by atoms with van der Waals surface area (Å²) < 4.78 is 2.05. The normalized spacial score (nSPS) is 14.2. The first-order chi connectivity index (χ1) is 10.8. The number of pyridine rings is 1. The maximum atomic E-state index is 12.3. The molecule has 1 fully saturated rings. The fourth-order valence-corrected chi connectivity index (χ4v) is 2.69. The third kappa shape index (κ3) is 2.45. The molecule has 3 aromatic rings. The van der Waals surface area contributed by atoms with Gasteiger partial charge in [-0.05, 0) is 37.1 Å². The molecule has 0 bridgehead atoms. The van der Waals surface area contributed by atoms with Gasteiger partial charge in [0.25, 0.3) is 0 Å². The van der Waals surface area contributed by atoms with Crippen molar-refractivity contribution < 1.29 is 4.79 Å². The highest BCUT2D eigenvalue weighted by molar-refractivity contribution is 5.91. The molecule has 22 heavy (non-hydrogen) atoms. The molecule has 0 radical (unpaired) electrons. The summed E-state index contributed by atoms with van der Waals surface area (Å²) in [5.74, 6) is 1.49. The standard InChI is InChI=1S/C17H16N4O/c22-16(19-13-7-9-18-10-8-13)11-21-15-4-2-1-3-14(15)20-17(21)12-5-6-12/h1-4,7-10,12H,5-6,11H2,(H,18,19,22). The minimum absolute atomic E-state index is 0.0451. The molecule has 0 unspecified atom stereocenters. The van der Waals surface area contributed by atoms with Crippen molar-refractivity contribution in [2.24, 2.45) is 0 Å². The molecular weight excluding hydrogens is 276 g/mol. The number of fused-ring (bicyclic) bond motifs is 1. The lowest BCUT2D eigenvalue weighted by Gasteiger charge is -2.09. The molecule has 5 nitrogen and oxygen atoms in total. The number of nitrogens with one attached hydrogen (secondary N) is 1. The largest absolute Gasteiger partial charge is 0.324 e. The lowest BCUT2D eigenvalue weighted by atomic mass is 10.3. The van der Waals surface area contributed by atoms with Crippen LogP contribution >= 0.6 is 0 Å². The van der Waals surface area contributed by atoms with Crippen molar-refractivity contribution in [1.29, 1.82) is 0 Å². The molecule has 5 heteroatoms. The van der Waals surface area contributed by atoms with E-state index in [4.69, 9.17) is 4.98 Å². The summed E-state index contributed by atoms with van der Waals surface area (Å²) >= 11 is 0. The minimum atomic E-state index is -0.0451. The van der Waals surface area contributed by atoms with Gasteiger partial charge in [-0.25, -0.2) is 4.98 Å². The number of rotatable bonds is 4. The second kappa shape index (κ2) is 5.26. The zero-order valence-electron chi connectivity index (χ0n) is 12.1. The average Bonchev–Trinajstić information content (AvgIpc) is 3.32. The number of aromatic nitrogens is 3. The highest BCUT2D eigenvalue weighted by atomic mass is 16.1. The van der Waals surface area contributed by atoms with Crippen molar-refractivity contribution in [2.45, 2.75) is 25.3 Å². The van der Waals surface area contributed by atoms with Gasteiger partial charge in [-0.3, -0.25) is 9.78 Å². The molecule has 4 rings (SSSR count). The topological polar surface area (TPSA) is 59.8 Å². The van der Waals surface area contributed by atoms with E-state index in [1.54, 1.807) is 24.5 Å². The van der Waals surface area contributed by atoms with Crippen LogP contribution in [-0.2, 0) is 11.3 Å². The number of nitrogens with zero attached hydrogens (tertiary/aromatic N) is 3. The maximum Gasteiger partial charge on any atom is 0.244 e. The van der Waals surface area contributed by atoms with Gasteiger partial charge in [0.2, 0.25) is 5.91 Å². The zero-order valence-corrected chi connectivity index (χ0v) is 12.1. The van der Waals surface area contributed by atoms with E-state index in [2.05, 4.69) is 10.3 Å². The summed E-state index contributed by atoms with van der Waals surface area (Å²) in [6, 6.07) is 11.6. The zero-order chi connectivity index (χ0) is 14.9. The van der Waals surface area contributed by atoms with E-state index < -0.39 is 0 Å². The molecule has 1 aliphatic carbocycles. The van der Waals surface area contributed by atoms with Crippen molar-refractivity contribution in [3.8, 4) is 0 Å².